The largest absolute Gasteiger partial charge is 0.494 e. The van der Waals surface area contributed by atoms with Crippen LogP contribution < -0.4 is 5.46 Å². The molecule has 0 bridgehead atoms. The van der Waals surface area contributed by atoms with E-state index in [-0.39, 0.29) is 18.3 Å². The second kappa shape index (κ2) is 7.56. The third kappa shape index (κ3) is 3.75. The summed E-state index contributed by atoms with van der Waals surface area (Å²) in [6.07, 6.45) is 2.51. The van der Waals surface area contributed by atoms with Crippen LogP contribution in [0.5, 0.6) is 0 Å². The number of esters is 1. The zero-order valence-electron chi connectivity index (χ0n) is 18.1. The number of ether oxygens (including phenoxy) is 1. The highest BCUT2D eigenvalue weighted by molar-refractivity contribution is 6.62. The van der Waals surface area contributed by atoms with Crippen molar-refractivity contribution in [2.75, 3.05) is 6.61 Å². The molecule has 3 aromatic rings. The quantitative estimate of drug-likeness (QED) is 0.480. The Labute approximate surface area is 177 Å². The fourth-order valence-electron chi connectivity index (χ4n) is 3.54. The topological polar surface area (TPSA) is 62.1 Å². The van der Waals surface area contributed by atoms with Crippen molar-refractivity contribution < 1.29 is 18.8 Å². The van der Waals surface area contributed by atoms with Gasteiger partial charge in [0.05, 0.1) is 23.3 Å². The normalized spacial score (nSPS) is 17.4. The fourth-order valence-corrected chi connectivity index (χ4v) is 3.54. The third-order valence-electron chi connectivity index (χ3n) is 5.97. The molecule has 156 valence electrons. The molecule has 4 rings (SSSR count). The molecule has 1 fully saturated rings. The molecule has 1 aromatic carbocycles. The molecule has 0 aliphatic carbocycles. The second-order valence-corrected chi connectivity index (χ2v) is 8.62. The summed E-state index contributed by atoms with van der Waals surface area (Å²) in [5.74, 6) is -0.412. The van der Waals surface area contributed by atoms with Crippen molar-refractivity contribution >= 4 is 24.1 Å². The molecule has 6 nitrogen and oxygen atoms in total. The van der Waals surface area contributed by atoms with Crippen molar-refractivity contribution in [1.82, 2.24) is 9.61 Å². The zero-order chi connectivity index (χ0) is 21.5. The lowest BCUT2D eigenvalue weighted by Crippen LogP contribution is -2.41. The van der Waals surface area contributed by atoms with Gasteiger partial charge in [-0.1, -0.05) is 24.3 Å². The molecule has 0 atom stereocenters. The summed E-state index contributed by atoms with van der Waals surface area (Å²) in [6, 6.07) is 14.0. The predicted octanol–water partition coefficient (Wildman–Crippen LogP) is 3.40. The molecule has 0 saturated carbocycles. The molecule has 0 unspecified atom stereocenters. The Bertz CT molecular complexity index is 1060. The van der Waals surface area contributed by atoms with Gasteiger partial charge in [0, 0.05) is 6.20 Å². The molecular formula is C23H27BN2O4. The lowest BCUT2D eigenvalue weighted by Gasteiger charge is -2.32. The summed E-state index contributed by atoms with van der Waals surface area (Å²) in [7, 11) is -0.377. The van der Waals surface area contributed by atoms with E-state index in [1.807, 2.05) is 36.5 Å². The van der Waals surface area contributed by atoms with Crippen molar-refractivity contribution in [3.8, 4) is 0 Å². The van der Waals surface area contributed by atoms with Gasteiger partial charge >= 0.3 is 13.1 Å². The molecular weight excluding hydrogens is 379 g/mol. The van der Waals surface area contributed by atoms with Crippen LogP contribution in [0.15, 0.2) is 48.7 Å². The minimum Gasteiger partial charge on any atom is -0.461 e. The summed E-state index contributed by atoms with van der Waals surface area (Å²) in [4.78, 5) is 12.2. The molecule has 1 saturated heterocycles. The van der Waals surface area contributed by atoms with Gasteiger partial charge in [0.15, 0.2) is 5.69 Å². The average molecular weight is 406 g/mol. The van der Waals surface area contributed by atoms with Gasteiger partial charge in [-0.3, -0.25) is 0 Å². The molecule has 0 N–H and O–H groups in total. The van der Waals surface area contributed by atoms with Gasteiger partial charge in [0.1, 0.15) is 0 Å². The van der Waals surface area contributed by atoms with Crippen LogP contribution in [-0.2, 0) is 20.5 Å². The first-order chi connectivity index (χ1) is 14.2. The highest BCUT2D eigenvalue weighted by Crippen LogP contribution is 2.36. The highest BCUT2D eigenvalue weighted by Gasteiger charge is 2.51. The molecule has 0 spiro atoms. The SMILES string of the molecule is CCOC(=O)c1cc(Cc2ccc(B3OC(C)(C)C(C)(C)O3)cc2)c2cccn2n1. The van der Waals surface area contributed by atoms with E-state index in [1.165, 1.54) is 0 Å². The van der Waals surface area contributed by atoms with Crippen molar-refractivity contribution in [3.63, 3.8) is 0 Å². The summed E-state index contributed by atoms with van der Waals surface area (Å²) in [5, 5.41) is 4.36. The Morgan fingerprint density at radius 1 is 1.10 bits per heavy atom. The predicted molar refractivity (Wildman–Crippen MR) is 116 cm³/mol. The lowest BCUT2D eigenvalue weighted by molar-refractivity contribution is 0.00578. The Hall–Kier alpha value is -2.64. The van der Waals surface area contributed by atoms with Gasteiger partial charge in [-0.2, -0.15) is 5.10 Å². The maximum atomic E-state index is 12.2. The standard InChI is InChI=1S/C23H27BN2O4/c1-6-28-21(27)19-15-17(20-8-7-13-26(20)25-19)14-16-9-11-18(12-10-16)24-29-22(2,3)23(4,5)30-24/h7-13,15H,6,14H2,1-5H3. The maximum absolute atomic E-state index is 12.2. The zero-order valence-corrected chi connectivity index (χ0v) is 18.1. The molecule has 1 aliphatic heterocycles. The molecule has 30 heavy (non-hydrogen) atoms. The van der Waals surface area contributed by atoms with Gasteiger partial charge in [0.25, 0.3) is 0 Å². The molecule has 7 heteroatoms. The van der Waals surface area contributed by atoms with Crippen molar-refractivity contribution in [1.29, 1.82) is 0 Å². The molecule has 3 heterocycles. The Morgan fingerprint density at radius 3 is 2.40 bits per heavy atom. The number of carbonyl (C=O) groups is 1. The number of fused-ring (bicyclic) bond motifs is 1. The first-order valence-corrected chi connectivity index (χ1v) is 10.3. The first kappa shape index (κ1) is 20.6. The summed E-state index contributed by atoms with van der Waals surface area (Å²) < 4.78 is 19.1. The monoisotopic (exact) mass is 406 g/mol. The van der Waals surface area contributed by atoms with Gasteiger partial charge in [-0.05, 0) is 75.8 Å². The average Bonchev–Trinajstić information content (AvgIpc) is 3.24. The van der Waals surface area contributed by atoms with Crippen LogP contribution in [-0.4, -0.2) is 40.5 Å². The van der Waals surface area contributed by atoms with E-state index in [1.54, 1.807) is 11.4 Å². The van der Waals surface area contributed by atoms with Crippen molar-refractivity contribution in [2.45, 2.75) is 52.2 Å². The number of carbonyl (C=O) groups excluding carboxylic acids is 1. The first-order valence-electron chi connectivity index (χ1n) is 10.3. The lowest BCUT2D eigenvalue weighted by atomic mass is 9.78. The minimum absolute atomic E-state index is 0.310. The number of hydrogen-bond donors (Lipinski definition) is 0. The van der Waals surface area contributed by atoms with Gasteiger partial charge in [-0.15, -0.1) is 0 Å². The van der Waals surface area contributed by atoms with E-state index in [2.05, 4.69) is 44.9 Å². The van der Waals surface area contributed by atoms with Gasteiger partial charge < -0.3 is 14.0 Å². The van der Waals surface area contributed by atoms with Gasteiger partial charge in [0.2, 0.25) is 0 Å². The highest BCUT2D eigenvalue weighted by atomic mass is 16.7. The van der Waals surface area contributed by atoms with Crippen LogP contribution in [0.25, 0.3) is 5.52 Å². The van der Waals surface area contributed by atoms with Crippen LogP contribution in [0, 0.1) is 0 Å². The maximum Gasteiger partial charge on any atom is 0.494 e. The molecule has 2 aromatic heterocycles. The number of benzene rings is 1. The second-order valence-electron chi connectivity index (χ2n) is 8.62. The van der Waals surface area contributed by atoms with Crippen LogP contribution in [0.1, 0.15) is 56.2 Å². The van der Waals surface area contributed by atoms with Crippen LogP contribution >= 0.6 is 0 Å². The van der Waals surface area contributed by atoms with E-state index in [9.17, 15) is 4.79 Å². The molecule has 0 radical (unpaired) electrons. The number of rotatable bonds is 5. The van der Waals surface area contributed by atoms with Gasteiger partial charge in [-0.25, -0.2) is 9.31 Å². The number of aromatic nitrogens is 2. The van der Waals surface area contributed by atoms with Crippen LogP contribution in [0.2, 0.25) is 0 Å². The molecule has 0 amide bonds. The van der Waals surface area contributed by atoms with Crippen molar-refractivity contribution in [2.24, 2.45) is 0 Å². The summed E-state index contributed by atoms with van der Waals surface area (Å²) in [6.45, 7) is 10.3. The van der Waals surface area contributed by atoms with E-state index < -0.39 is 5.97 Å². The van der Waals surface area contributed by atoms with E-state index in [4.69, 9.17) is 14.0 Å². The van der Waals surface area contributed by atoms with Crippen LogP contribution in [0.4, 0.5) is 0 Å². The smallest absolute Gasteiger partial charge is 0.461 e. The Kier molecular flexibility index (Phi) is 5.20. The Morgan fingerprint density at radius 2 is 1.77 bits per heavy atom. The van der Waals surface area contributed by atoms with E-state index in [0.717, 1.165) is 22.1 Å². The fraction of sp³-hybridized carbons (Fsp3) is 0.391. The van der Waals surface area contributed by atoms with Crippen LogP contribution in [0.3, 0.4) is 0 Å². The van der Waals surface area contributed by atoms with E-state index >= 15 is 0 Å². The van der Waals surface area contributed by atoms with Crippen molar-refractivity contribution in [3.05, 3.63) is 65.5 Å². The summed E-state index contributed by atoms with van der Waals surface area (Å²) in [5.41, 5.74) is 3.69. The Balaban J connectivity index is 1.57. The number of hydrogen-bond acceptors (Lipinski definition) is 5. The van der Waals surface area contributed by atoms with E-state index in [0.29, 0.717) is 18.7 Å². The number of nitrogens with zero attached hydrogens (tertiary/aromatic N) is 2. The minimum atomic E-state index is -0.412. The third-order valence-corrected chi connectivity index (χ3v) is 5.97. The molecule has 1 aliphatic rings. The summed E-state index contributed by atoms with van der Waals surface area (Å²) >= 11 is 0.